The van der Waals surface area contributed by atoms with E-state index in [0.717, 1.165) is 12.1 Å². The molecule has 0 saturated heterocycles. The molecule has 4 heteroatoms. The van der Waals surface area contributed by atoms with Crippen molar-refractivity contribution in [1.29, 1.82) is 0 Å². The van der Waals surface area contributed by atoms with E-state index in [0.29, 0.717) is 10.0 Å². The largest absolute Gasteiger partial charge is 0.416 e. The molecular weight excluding hydrogens is 245 g/mol. The fourth-order valence-corrected chi connectivity index (χ4v) is 1.29. The highest BCUT2D eigenvalue weighted by molar-refractivity contribution is 9.10. The minimum Gasteiger partial charge on any atom is -0.166 e. The molecule has 0 aliphatic rings. The summed E-state index contributed by atoms with van der Waals surface area (Å²) < 4.78 is 37.2. The molecule has 13 heavy (non-hydrogen) atoms. The molecule has 0 radical (unpaired) electrons. The van der Waals surface area contributed by atoms with E-state index in [-0.39, 0.29) is 0 Å². The first-order valence-corrected chi connectivity index (χ1v) is 4.23. The predicted molar refractivity (Wildman–Crippen MR) is 49.2 cm³/mol. The van der Waals surface area contributed by atoms with Gasteiger partial charge in [-0.25, -0.2) is 0 Å². The summed E-state index contributed by atoms with van der Waals surface area (Å²) in [6.07, 6.45) is -2.92. The molecule has 0 aromatic heterocycles. The van der Waals surface area contributed by atoms with Gasteiger partial charge < -0.3 is 0 Å². The first-order chi connectivity index (χ1) is 5.95. The molecule has 1 aromatic carbocycles. The highest BCUT2D eigenvalue weighted by Gasteiger charge is 2.30. The molecule has 1 aromatic rings. The second-order valence-corrected chi connectivity index (χ2v) is 3.29. The SMILES string of the molecule is C=Cc1cc(C(F)(F)F)ccc1Br. The van der Waals surface area contributed by atoms with Crippen molar-refractivity contribution in [2.75, 3.05) is 0 Å². The molecule has 70 valence electrons. The first kappa shape index (κ1) is 10.3. The average Bonchev–Trinajstić information content (AvgIpc) is 2.03. The lowest BCUT2D eigenvalue weighted by Gasteiger charge is -2.07. The number of alkyl halides is 3. The van der Waals surface area contributed by atoms with E-state index in [1.165, 1.54) is 12.1 Å². The summed E-state index contributed by atoms with van der Waals surface area (Å²) in [6.45, 7) is 3.42. The second kappa shape index (κ2) is 3.54. The predicted octanol–water partition coefficient (Wildman–Crippen LogP) is 4.11. The molecular formula is C9H6BrF3. The van der Waals surface area contributed by atoms with Crippen LogP contribution in [0.4, 0.5) is 13.2 Å². The van der Waals surface area contributed by atoms with E-state index in [1.54, 1.807) is 0 Å². The highest BCUT2D eigenvalue weighted by Crippen LogP contribution is 2.32. The van der Waals surface area contributed by atoms with Gasteiger partial charge in [0, 0.05) is 4.47 Å². The monoisotopic (exact) mass is 250 g/mol. The van der Waals surface area contributed by atoms with Crippen LogP contribution >= 0.6 is 15.9 Å². The fourth-order valence-electron chi connectivity index (χ4n) is 0.877. The molecule has 0 nitrogen and oxygen atoms in total. The van der Waals surface area contributed by atoms with Crippen molar-refractivity contribution < 1.29 is 13.2 Å². The Bertz CT molecular complexity index is 328. The van der Waals surface area contributed by atoms with Crippen LogP contribution < -0.4 is 0 Å². The van der Waals surface area contributed by atoms with Crippen LogP contribution in [0, 0.1) is 0 Å². The van der Waals surface area contributed by atoms with Gasteiger partial charge in [-0.2, -0.15) is 13.2 Å². The summed E-state index contributed by atoms with van der Waals surface area (Å²) >= 11 is 3.12. The molecule has 1 rings (SSSR count). The summed E-state index contributed by atoms with van der Waals surface area (Å²) in [5.74, 6) is 0. The second-order valence-electron chi connectivity index (χ2n) is 2.44. The molecule has 0 fully saturated rings. The van der Waals surface area contributed by atoms with Crippen LogP contribution in [0.25, 0.3) is 6.08 Å². The quantitative estimate of drug-likeness (QED) is 0.704. The molecule has 0 aliphatic heterocycles. The molecule has 0 aliphatic carbocycles. The number of halogens is 4. The van der Waals surface area contributed by atoms with Crippen LogP contribution in [-0.2, 0) is 6.18 Å². The van der Waals surface area contributed by atoms with Crippen molar-refractivity contribution in [3.05, 3.63) is 40.4 Å². The smallest absolute Gasteiger partial charge is 0.166 e. The van der Waals surface area contributed by atoms with Gasteiger partial charge in [-0.1, -0.05) is 28.6 Å². The Labute approximate surface area is 82.2 Å². The van der Waals surface area contributed by atoms with Crippen molar-refractivity contribution in [2.24, 2.45) is 0 Å². The molecule has 0 spiro atoms. The molecule has 0 heterocycles. The Kier molecular flexibility index (Phi) is 2.81. The van der Waals surface area contributed by atoms with E-state index >= 15 is 0 Å². The van der Waals surface area contributed by atoms with Gasteiger partial charge in [0.25, 0.3) is 0 Å². The minimum atomic E-state index is -4.29. The number of hydrogen-bond acceptors (Lipinski definition) is 0. The topological polar surface area (TPSA) is 0 Å². The lowest BCUT2D eigenvalue weighted by molar-refractivity contribution is -0.137. The third kappa shape index (κ3) is 2.34. The van der Waals surface area contributed by atoms with Gasteiger partial charge in [0.1, 0.15) is 0 Å². The average molecular weight is 251 g/mol. The molecule has 0 atom stereocenters. The Hall–Kier alpha value is -0.770. The molecule has 0 unspecified atom stereocenters. The van der Waals surface area contributed by atoms with E-state index in [1.807, 2.05) is 0 Å². The van der Waals surface area contributed by atoms with Crippen molar-refractivity contribution in [1.82, 2.24) is 0 Å². The zero-order valence-electron chi connectivity index (χ0n) is 6.53. The van der Waals surface area contributed by atoms with Crippen molar-refractivity contribution in [3.8, 4) is 0 Å². The lowest BCUT2D eigenvalue weighted by Crippen LogP contribution is -2.04. The first-order valence-electron chi connectivity index (χ1n) is 3.44. The summed E-state index contributed by atoms with van der Waals surface area (Å²) in [6, 6.07) is 3.44. The molecule has 0 amide bonds. The number of benzene rings is 1. The molecule has 0 saturated carbocycles. The van der Waals surface area contributed by atoms with Gasteiger partial charge in [0.05, 0.1) is 5.56 Å². The molecule has 0 bridgehead atoms. The van der Waals surface area contributed by atoms with Crippen LogP contribution in [0.15, 0.2) is 29.3 Å². The summed E-state index contributed by atoms with van der Waals surface area (Å²) in [4.78, 5) is 0. The number of hydrogen-bond donors (Lipinski definition) is 0. The van der Waals surface area contributed by atoms with Crippen LogP contribution in [-0.4, -0.2) is 0 Å². The third-order valence-corrected chi connectivity index (χ3v) is 2.27. The number of rotatable bonds is 1. The third-order valence-electron chi connectivity index (χ3n) is 1.54. The van der Waals surface area contributed by atoms with E-state index in [2.05, 4.69) is 22.5 Å². The van der Waals surface area contributed by atoms with Crippen LogP contribution in [0.2, 0.25) is 0 Å². The van der Waals surface area contributed by atoms with Crippen molar-refractivity contribution in [3.63, 3.8) is 0 Å². The Morgan fingerprint density at radius 1 is 1.31 bits per heavy atom. The zero-order chi connectivity index (χ0) is 10.1. The van der Waals surface area contributed by atoms with Crippen molar-refractivity contribution >= 4 is 22.0 Å². The summed E-state index contributed by atoms with van der Waals surface area (Å²) in [5, 5.41) is 0. The lowest BCUT2D eigenvalue weighted by atomic mass is 10.1. The minimum absolute atomic E-state index is 0.440. The Morgan fingerprint density at radius 2 is 1.92 bits per heavy atom. The maximum Gasteiger partial charge on any atom is 0.416 e. The highest BCUT2D eigenvalue weighted by atomic mass is 79.9. The van der Waals surface area contributed by atoms with Gasteiger partial charge in [-0.3, -0.25) is 0 Å². The Morgan fingerprint density at radius 3 is 2.38 bits per heavy atom. The van der Waals surface area contributed by atoms with Crippen LogP contribution in [0.5, 0.6) is 0 Å². The maximum atomic E-state index is 12.2. The fraction of sp³-hybridized carbons (Fsp3) is 0.111. The van der Waals surface area contributed by atoms with E-state index < -0.39 is 11.7 Å². The Balaban J connectivity index is 3.21. The van der Waals surface area contributed by atoms with Gasteiger partial charge in [-0.05, 0) is 23.8 Å². The van der Waals surface area contributed by atoms with Crippen LogP contribution in [0.1, 0.15) is 11.1 Å². The summed E-state index contributed by atoms with van der Waals surface area (Å²) in [7, 11) is 0. The van der Waals surface area contributed by atoms with Crippen molar-refractivity contribution in [2.45, 2.75) is 6.18 Å². The van der Waals surface area contributed by atoms with Crippen LogP contribution in [0.3, 0.4) is 0 Å². The van der Waals surface area contributed by atoms with E-state index in [4.69, 9.17) is 0 Å². The van der Waals surface area contributed by atoms with Gasteiger partial charge in [0.2, 0.25) is 0 Å². The maximum absolute atomic E-state index is 12.2. The zero-order valence-corrected chi connectivity index (χ0v) is 8.11. The molecule has 0 N–H and O–H groups in total. The van der Waals surface area contributed by atoms with Gasteiger partial charge in [0.15, 0.2) is 0 Å². The standard InChI is InChI=1S/C9H6BrF3/c1-2-6-5-7(9(11,12)13)3-4-8(6)10/h2-5H,1H2. The van der Waals surface area contributed by atoms with Gasteiger partial charge >= 0.3 is 6.18 Å². The normalized spacial score (nSPS) is 11.4. The van der Waals surface area contributed by atoms with E-state index in [9.17, 15) is 13.2 Å². The summed E-state index contributed by atoms with van der Waals surface area (Å²) in [5.41, 5.74) is -0.222. The van der Waals surface area contributed by atoms with Gasteiger partial charge in [-0.15, -0.1) is 0 Å².